The van der Waals surface area contributed by atoms with E-state index in [1.54, 1.807) is 17.5 Å². The number of carbonyl (C=O) groups is 2. The molecule has 4 rings (SSSR count). The Labute approximate surface area is 180 Å². The first-order chi connectivity index (χ1) is 14.6. The van der Waals surface area contributed by atoms with Crippen molar-refractivity contribution in [3.05, 3.63) is 77.3 Å². The lowest BCUT2D eigenvalue weighted by molar-refractivity contribution is -0.143. The number of piperidine rings is 1. The number of aromatic nitrogens is 1. The lowest BCUT2D eigenvalue weighted by Gasteiger charge is -2.36. The second kappa shape index (κ2) is 9.32. The molecule has 1 aliphatic rings. The summed E-state index contributed by atoms with van der Waals surface area (Å²) in [6.07, 6.45) is 3.55. The minimum atomic E-state index is -0.738. The lowest BCUT2D eigenvalue weighted by Crippen LogP contribution is -2.47. The van der Waals surface area contributed by atoms with E-state index >= 15 is 0 Å². The van der Waals surface area contributed by atoms with Gasteiger partial charge in [0.1, 0.15) is 5.01 Å². The molecule has 2 aromatic carbocycles. The van der Waals surface area contributed by atoms with E-state index in [0.717, 1.165) is 16.1 Å². The number of likely N-dealkylation sites (tertiary alicyclic amines) is 1. The number of nitrogens with zero attached hydrogens (tertiary/aromatic N) is 2. The van der Waals surface area contributed by atoms with Gasteiger partial charge < -0.3 is 5.11 Å². The molecule has 30 heavy (non-hydrogen) atoms. The van der Waals surface area contributed by atoms with Gasteiger partial charge in [-0.05, 0) is 37.9 Å². The molecule has 1 saturated heterocycles. The van der Waals surface area contributed by atoms with Gasteiger partial charge in [-0.2, -0.15) is 0 Å². The van der Waals surface area contributed by atoms with Gasteiger partial charge in [0, 0.05) is 22.7 Å². The van der Waals surface area contributed by atoms with Crippen molar-refractivity contribution in [3.63, 3.8) is 0 Å². The molecule has 5 nitrogen and oxygen atoms in total. The van der Waals surface area contributed by atoms with E-state index in [0.29, 0.717) is 37.9 Å². The lowest BCUT2D eigenvalue weighted by atomic mass is 9.91. The highest BCUT2D eigenvalue weighted by Crippen LogP contribution is 2.25. The zero-order valence-corrected chi connectivity index (χ0v) is 17.4. The average molecular weight is 421 g/mol. The number of hydrogen-bond donors (Lipinski definition) is 1. The summed E-state index contributed by atoms with van der Waals surface area (Å²) in [5.74, 6) is -0.969. The van der Waals surface area contributed by atoms with Gasteiger partial charge in [0.25, 0.3) is 0 Å². The van der Waals surface area contributed by atoms with Crippen LogP contribution in [0.4, 0.5) is 0 Å². The Morgan fingerprint density at radius 1 is 1.07 bits per heavy atom. The number of carbonyl (C=O) groups excluding carboxylic acids is 1. The summed E-state index contributed by atoms with van der Waals surface area (Å²) in [5, 5.41) is 12.2. The first-order valence-corrected chi connectivity index (χ1v) is 11.0. The molecule has 3 aromatic rings. The minimum Gasteiger partial charge on any atom is -0.481 e. The second-order valence-electron chi connectivity index (χ2n) is 7.63. The van der Waals surface area contributed by atoms with Crippen molar-refractivity contribution in [2.24, 2.45) is 5.92 Å². The van der Waals surface area contributed by atoms with Crippen LogP contribution in [-0.2, 0) is 11.2 Å². The maximum Gasteiger partial charge on any atom is 0.306 e. The SMILES string of the molecule is O=C(O)C1CCN(C(Cc2ccccc2)C(=O)c2ccc(-c3nccs3)cc2)CC1. The molecule has 1 atom stereocenters. The highest BCUT2D eigenvalue weighted by Gasteiger charge is 2.32. The number of carboxylic acid groups (broad SMARTS) is 1. The Balaban J connectivity index is 1.55. The van der Waals surface area contributed by atoms with Gasteiger partial charge in [0.05, 0.1) is 12.0 Å². The molecule has 0 radical (unpaired) electrons. The van der Waals surface area contributed by atoms with Gasteiger partial charge in [-0.15, -0.1) is 11.3 Å². The van der Waals surface area contributed by atoms with E-state index in [-0.39, 0.29) is 17.7 Å². The molecule has 1 aliphatic heterocycles. The second-order valence-corrected chi connectivity index (χ2v) is 8.53. The molecule has 2 heterocycles. The molecule has 0 amide bonds. The molecular formula is C24H24N2O3S. The molecule has 1 aromatic heterocycles. The maximum atomic E-state index is 13.5. The number of thiazole rings is 1. The Bertz CT molecular complexity index is 979. The maximum absolute atomic E-state index is 13.5. The van der Waals surface area contributed by atoms with Crippen molar-refractivity contribution in [1.29, 1.82) is 0 Å². The Kier molecular flexibility index (Phi) is 6.35. The fourth-order valence-corrected chi connectivity index (χ4v) is 4.66. The Morgan fingerprint density at radius 2 is 1.77 bits per heavy atom. The third-order valence-corrected chi connectivity index (χ3v) is 6.56. The number of aliphatic carboxylic acids is 1. The fourth-order valence-electron chi connectivity index (χ4n) is 4.02. The largest absolute Gasteiger partial charge is 0.481 e. The summed E-state index contributed by atoms with van der Waals surface area (Å²) in [6.45, 7) is 1.24. The molecule has 6 heteroatoms. The van der Waals surface area contributed by atoms with Crippen LogP contribution in [0.15, 0.2) is 66.2 Å². The predicted octanol–water partition coefficient (Wildman–Crippen LogP) is 4.40. The summed E-state index contributed by atoms with van der Waals surface area (Å²) in [7, 11) is 0. The van der Waals surface area contributed by atoms with Crippen LogP contribution < -0.4 is 0 Å². The number of benzene rings is 2. The minimum absolute atomic E-state index is 0.0818. The number of ketones is 1. The highest BCUT2D eigenvalue weighted by atomic mass is 32.1. The molecule has 0 aliphatic carbocycles. The number of hydrogen-bond acceptors (Lipinski definition) is 5. The van der Waals surface area contributed by atoms with Crippen LogP contribution in [0.1, 0.15) is 28.8 Å². The summed E-state index contributed by atoms with van der Waals surface area (Å²) in [4.78, 5) is 31.3. The normalized spacial score (nSPS) is 16.3. The van der Waals surface area contributed by atoms with Gasteiger partial charge in [-0.25, -0.2) is 4.98 Å². The van der Waals surface area contributed by atoms with Crippen LogP contribution in [-0.4, -0.2) is 45.9 Å². The third-order valence-electron chi connectivity index (χ3n) is 5.74. The highest BCUT2D eigenvalue weighted by molar-refractivity contribution is 7.13. The van der Waals surface area contributed by atoms with Gasteiger partial charge in [-0.3, -0.25) is 14.5 Å². The standard InChI is InChI=1S/C24H24N2O3S/c27-22(18-6-8-19(9-7-18)23-25-12-15-30-23)21(16-17-4-2-1-3-5-17)26-13-10-20(11-14-26)24(28)29/h1-9,12,15,20-21H,10-11,13-14,16H2,(H,28,29). The zero-order valence-electron chi connectivity index (χ0n) is 16.6. The zero-order chi connectivity index (χ0) is 20.9. The number of Topliss-reactive ketones (excluding diaryl/α,β-unsaturated/α-hetero) is 1. The molecule has 0 spiro atoms. The van der Waals surface area contributed by atoms with Crippen LogP contribution in [0.3, 0.4) is 0 Å². The van der Waals surface area contributed by atoms with Crippen LogP contribution in [0.2, 0.25) is 0 Å². The van der Waals surface area contributed by atoms with Crippen LogP contribution >= 0.6 is 11.3 Å². The van der Waals surface area contributed by atoms with Crippen LogP contribution in [0, 0.1) is 5.92 Å². The smallest absolute Gasteiger partial charge is 0.306 e. The Hall–Kier alpha value is -2.83. The summed E-state index contributed by atoms with van der Waals surface area (Å²) < 4.78 is 0. The van der Waals surface area contributed by atoms with E-state index < -0.39 is 5.97 Å². The molecule has 0 saturated carbocycles. The van der Waals surface area contributed by atoms with E-state index in [1.807, 2.05) is 60.0 Å². The van der Waals surface area contributed by atoms with Crippen LogP contribution in [0.5, 0.6) is 0 Å². The van der Waals surface area contributed by atoms with Crippen molar-refractivity contribution in [3.8, 4) is 10.6 Å². The predicted molar refractivity (Wildman–Crippen MR) is 118 cm³/mol. The van der Waals surface area contributed by atoms with Gasteiger partial charge in [0.2, 0.25) is 0 Å². The molecule has 0 bridgehead atoms. The quantitative estimate of drug-likeness (QED) is 0.574. The Morgan fingerprint density at radius 3 is 2.37 bits per heavy atom. The summed E-state index contributed by atoms with van der Waals surface area (Å²) in [5.41, 5.74) is 2.79. The van der Waals surface area contributed by atoms with Crippen molar-refractivity contribution in [2.75, 3.05) is 13.1 Å². The van der Waals surface area contributed by atoms with Gasteiger partial charge in [0.15, 0.2) is 5.78 Å². The molecule has 1 N–H and O–H groups in total. The molecule has 1 unspecified atom stereocenters. The van der Waals surface area contributed by atoms with E-state index in [1.165, 1.54) is 0 Å². The van der Waals surface area contributed by atoms with Crippen LogP contribution in [0.25, 0.3) is 10.6 Å². The number of carboxylic acids is 1. The first-order valence-electron chi connectivity index (χ1n) is 10.2. The monoisotopic (exact) mass is 420 g/mol. The third kappa shape index (κ3) is 4.66. The van der Waals surface area contributed by atoms with E-state index in [2.05, 4.69) is 9.88 Å². The number of rotatable bonds is 7. The van der Waals surface area contributed by atoms with Crippen molar-refractivity contribution in [2.45, 2.75) is 25.3 Å². The topological polar surface area (TPSA) is 70.5 Å². The molecule has 154 valence electrons. The fraction of sp³-hybridized carbons (Fsp3) is 0.292. The van der Waals surface area contributed by atoms with Gasteiger partial charge in [-0.1, -0.05) is 54.6 Å². The van der Waals surface area contributed by atoms with Crippen molar-refractivity contribution < 1.29 is 14.7 Å². The van der Waals surface area contributed by atoms with Crippen molar-refractivity contribution in [1.82, 2.24) is 9.88 Å². The van der Waals surface area contributed by atoms with E-state index in [4.69, 9.17) is 0 Å². The van der Waals surface area contributed by atoms with E-state index in [9.17, 15) is 14.7 Å². The molecular weight excluding hydrogens is 396 g/mol. The summed E-state index contributed by atoms with van der Waals surface area (Å²) >= 11 is 1.57. The van der Waals surface area contributed by atoms with Crippen molar-refractivity contribution >= 4 is 23.1 Å². The molecule has 1 fully saturated rings. The average Bonchev–Trinajstić information content (AvgIpc) is 3.33. The summed E-state index contributed by atoms with van der Waals surface area (Å²) in [6, 6.07) is 17.4. The first kappa shape index (κ1) is 20.4. The van der Waals surface area contributed by atoms with Gasteiger partial charge >= 0.3 is 5.97 Å².